The number of rotatable bonds is 8. The third-order valence-corrected chi connectivity index (χ3v) is 6.01. The molecule has 0 saturated carbocycles. The zero-order chi connectivity index (χ0) is 23.6. The van der Waals surface area contributed by atoms with Gasteiger partial charge in [-0.3, -0.25) is 4.79 Å². The van der Waals surface area contributed by atoms with E-state index in [0.29, 0.717) is 43.1 Å². The standard InChI is InChI=1S/C25H24F3NO4/c1-15-22(29-23(33-15)16-5-3-2-4-6-16)11-12-32-18-8-10-19-17(13-18)7-9-20(19)21(24(30)31)14-25(26,27)28/h2-6,8,10,13,20-21H,7,9,11-12,14H2,1H3,(H,30,31). The van der Waals surface area contributed by atoms with Gasteiger partial charge in [0.2, 0.25) is 5.89 Å². The number of halogens is 3. The van der Waals surface area contributed by atoms with E-state index in [1.165, 1.54) is 0 Å². The van der Waals surface area contributed by atoms with Gasteiger partial charge >= 0.3 is 12.1 Å². The molecule has 174 valence electrons. The predicted molar refractivity (Wildman–Crippen MR) is 115 cm³/mol. The minimum atomic E-state index is -4.52. The fourth-order valence-electron chi connectivity index (χ4n) is 4.42. The van der Waals surface area contributed by atoms with E-state index in [9.17, 15) is 23.1 Å². The van der Waals surface area contributed by atoms with Crippen molar-refractivity contribution in [3.05, 3.63) is 71.1 Å². The molecule has 2 unspecified atom stereocenters. The molecule has 8 heteroatoms. The Balaban J connectivity index is 1.40. The van der Waals surface area contributed by atoms with E-state index in [0.717, 1.165) is 22.6 Å². The van der Waals surface area contributed by atoms with Crippen molar-refractivity contribution in [3.63, 3.8) is 0 Å². The quantitative estimate of drug-likeness (QED) is 0.450. The maximum absolute atomic E-state index is 12.9. The zero-order valence-electron chi connectivity index (χ0n) is 18.1. The SMILES string of the molecule is Cc1oc(-c2ccccc2)nc1CCOc1ccc2c(c1)CCC2C(CC(F)(F)F)C(=O)O. The van der Waals surface area contributed by atoms with Crippen molar-refractivity contribution < 1.29 is 32.2 Å². The average molecular weight is 459 g/mol. The van der Waals surface area contributed by atoms with Crippen LogP contribution in [0.4, 0.5) is 13.2 Å². The summed E-state index contributed by atoms with van der Waals surface area (Å²) in [5.74, 6) is -1.67. The number of hydrogen-bond donors (Lipinski definition) is 1. The third kappa shape index (κ3) is 5.38. The fraction of sp³-hybridized carbons (Fsp3) is 0.360. The Hall–Kier alpha value is -3.29. The normalized spacial score (nSPS) is 16.4. The summed E-state index contributed by atoms with van der Waals surface area (Å²) >= 11 is 0. The van der Waals surface area contributed by atoms with Gasteiger partial charge < -0.3 is 14.3 Å². The van der Waals surface area contributed by atoms with E-state index >= 15 is 0 Å². The summed E-state index contributed by atoms with van der Waals surface area (Å²) in [6.07, 6.45) is -4.40. The second-order valence-corrected chi connectivity index (χ2v) is 8.26. The van der Waals surface area contributed by atoms with Gasteiger partial charge in [-0.25, -0.2) is 4.98 Å². The highest BCUT2D eigenvalue weighted by Gasteiger charge is 2.42. The van der Waals surface area contributed by atoms with Gasteiger partial charge in [-0.1, -0.05) is 24.3 Å². The largest absolute Gasteiger partial charge is 0.493 e. The van der Waals surface area contributed by atoms with Crippen LogP contribution in [0, 0.1) is 12.8 Å². The number of aromatic nitrogens is 1. The van der Waals surface area contributed by atoms with Gasteiger partial charge in [0, 0.05) is 12.0 Å². The Labute approximate surface area is 189 Å². The average Bonchev–Trinajstić information content (AvgIpc) is 3.35. The molecule has 0 radical (unpaired) electrons. The molecule has 1 aliphatic rings. The van der Waals surface area contributed by atoms with Crippen LogP contribution in [-0.4, -0.2) is 28.8 Å². The molecule has 0 aliphatic heterocycles. The second kappa shape index (κ2) is 9.29. The number of hydrogen-bond acceptors (Lipinski definition) is 4. The Morgan fingerprint density at radius 2 is 2.00 bits per heavy atom. The zero-order valence-corrected chi connectivity index (χ0v) is 18.1. The number of carboxylic acid groups (broad SMARTS) is 1. The lowest BCUT2D eigenvalue weighted by atomic mass is 9.85. The van der Waals surface area contributed by atoms with Crippen molar-refractivity contribution in [2.24, 2.45) is 5.92 Å². The molecule has 1 aromatic heterocycles. The van der Waals surface area contributed by atoms with E-state index in [1.807, 2.05) is 37.3 Å². The molecule has 0 bridgehead atoms. The Morgan fingerprint density at radius 1 is 1.24 bits per heavy atom. The maximum Gasteiger partial charge on any atom is 0.389 e. The topological polar surface area (TPSA) is 72.6 Å². The van der Waals surface area contributed by atoms with Crippen molar-refractivity contribution in [2.75, 3.05) is 6.61 Å². The number of carbonyl (C=O) groups is 1. The first-order valence-electron chi connectivity index (χ1n) is 10.8. The smallest absolute Gasteiger partial charge is 0.389 e. The second-order valence-electron chi connectivity index (χ2n) is 8.26. The molecule has 0 fully saturated rings. The number of alkyl halides is 3. The third-order valence-electron chi connectivity index (χ3n) is 6.01. The number of oxazole rings is 1. The highest BCUT2D eigenvalue weighted by Crippen LogP contribution is 2.43. The molecule has 1 aliphatic carbocycles. The van der Waals surface area contributed by atoms with Crippen LogP contribution in [0.15, 0.2) is 52.9 Å². The molecular formula is C25H24F3NO4. The first-order chi connectivity index (χ1) is 15.7. The summed E-state index contributed by atoms with van der Waals surface area (Å²) in [7, 11) is 0. The highest BCUT2D eigenvalue weighted by molar-refractivity contribution is 5.72. The lowest BCUT2D eigenvalue weighted by molar-refractivity contribution is -0.165. The molecule has 3 aromatic rings. The van der Waals surface area contributed by atoms with E-state index in [4.69, 9.17) is 9.15 Å². The lowest BCUT2D eigenvalue weighted by Gasteiger charge is -2.22. The first kappa shape index (κ1) is 22.9. The summed E-state index contributed by atoms with van der Waals surface area (Å²) in [5.41, 5.74) is 3.20. The van der Waals surface area contributed by atoms with Crippen molar-refractivity contribution in [3.8, 4) is 17.2 Å². The molecule has 33 heavy (non-hydrogen) atoms. The van der Waals surface area contributed by atoms with Crippen molar-refractivity contribution in [1.29, 1.82) is 0 Å². The summed E-state index contributed by atoms with van der Waals surface area (Å²) < 4.78 is 50.2. The number of aliphatic carboxylic acids is 1. The first-order valence-corrected chi connectivity index (χ1v) is 10.8. The van der Waals surface area contributed by atoms with Crippen LogP contribution in [0.2, 0.25) is 0 Å². The van der Waals surface area contributed by atoms with E-state index < -0.39 is 30.4 Å². The number of benzene rings is 2. The summed E-state index contributed by atoms with van der Waals surface area (Å²) in [5, 5.41) is 9.36. The molecular weight excluding hydrogens is 435 g/mol. The number of fused-ring (bicyclic) bond motifs is 1. The molecule has 0 spiro atoms. The summed E-state index contributed by atoms with van der Waals surface area (Å²) in [4.78, 5) is 16.0. The molecule has 5 nitrogen and oxygen atoms in total. The van der Waals surface area contributed by atoms with Crippen LogP contribution in [0.25, 0.3) is 11.5 Å². The van der Waals surface area contributed by atoms with Crippen LogP contribution in [-0.2, 0) is 17.6 Å². The van der Waals surface area contributed by atoms with E-state index in [2.05, 4.69) is 4.98 Å². The van der Waals surface area contributed by atoms with Gasteiger partial charge in [-0.2, -0.15) is 13.2 Å². The minimum Gasteiger partial charge on any atom is -0.493 e. The van der Waals surface area contributed by atoms with Gasteiger partial charge in [0.1, 0.15) is 11.5 Å². The monoisotopic (exact) mass is 459 g/mol. The van der Waals surface area contributed by atoms with E-state index in [-0.39, 0.29) is 0 Å². The number of carboxylic acids is 1. The van der Waals surface area contributed by atoms with Gasteiger partial charge in [-0.05, 0) is 61.1 Å². The van der Waals surface area contributed by atoms with Gasteiger partial charge in [0.25, 0.3) is 0 Å². The summed E-state index contributed by atoms with van der Waals surface area (Å²) in [6.45, 7) is 2.21. The Bertz CT molecular complexity index is 1120. The summed E-state index contributed by atoms with van der Waals surface area (Å²) in [6, 6.07) is 14.8. The lowest BCUT2D eigenvalue weighted by Crippen LogP contribution is -2.27. The molecule has 4 rings (SSSR count). The van der Waals surface area contributed by atoms with Crippen molar-refractivity contribution in [2.45, 2.75) is 44.7 Å². The van der Waals surface area contributed by atoms with Crippen LogP contribution in [0.5, 0.6) is 5.75 Å². The Morgan fingerprint density at radius 3 is 2.70 bits per heavy atom. The molecule has 0 amide bonds. The minimum absolute atomic E-state index is 0.357. The number of ether oxygens (including phenoxy) is 1. The van der Waals surface area contributed by atoms with Crippen LogP contribution < -0.4 is 4.74 Å². The van der Waals surface area contributed by atoms with Gasteiger partial charge in [0.05, 0.1) is 24.6 Å². The fourth-order valence-corrected chi connectivity index (χ4v) is 4.42. The van der Waals surface area contributed by atoms with Crippen LogP contribution >= 0.6 is 0 Å². The predicted octanol–water partition coefficient (Wildman–Crippen LogP) is 5.95. The molecule has 2 aromatic carbocycles. The van der Waals surface area contributed by atoms with Gasteiger partial charge in [-0.15, -0.1) is 0 Å². The van der Waals surface area contributed by atoms with Crippen molar-refractivity contribution >= 4 is 5.97 Å². The van der Waals surface area contributed by atoms with Gasteiger partial charge in [0.15, 0.2) is 0 Å². The highest BCUT2D eigenvalue weighted by atomic mass is 19.4. The van der Waals surface area contributed by atoms with Crippen LogP contribution in [0.1, 0.15) is 41.3 Å². The van der Waals surface area contributed by atoms with Crippen LogP contribution in [0.3, 0.4) is 0 Å². The Kier molecular flexibility index (Phi) is 6.44. The molecule has 1 heterocycles. The molecule has 0 saturated heterocycles. The van der Waals surface area contributed by atoms with E-state index in [1.54, 1.807) is 18.2 Å². The van der Waals surface area contributed by atoms with Crippen molar-refractivity contribution in [1.82, 2.24) is 4.98 Å². The number of nitrogens with zero attached hydrogens (tertiary/aromatic N) is 1. The number of aryl methyl sites for hydroxylation is 2. The molecule has 2 atom stereocenters. The maximum atomic E-state index is 12.9. The molecule has 1 N–H and O–H groups in total.